The van der Waals surface area contributed by atoms with Crippen LogP contribution >= 0.6 is 0 Å². The van der Waals surface area contributed by atoms with Gasteiger partial charge in [0.25, 0.3) is 0 Å². The van der Waals surface area contributed by atoms with Gasteiger partial charge in [-0.25, -0.2) is 0 Å². The number of hydrogen-bond donors (Lipinski definition) is 1. The van der Waals surface area contributed by atoms with E-state index >= 15 is 0 Å². The van der Waals surface area contributed by atoms with Gasteiger partial charge < -0.3 is 10.2 Å². The second kappa shape index (κ2) is 5.28. The van der Waals surface area contributed by atoms with E-state index in [1.807, 2.05) is 0 Å². The summed E-state index contributed by atoms with van der Waals surface area (Å²) in [4.78, 5) is 5.30. The quantitative estimate of drug-likeness (QED) is 0.728. The van der Waals surface area contributed by atoms with Gasteiger partial charge in [0.1, 0.15) is 0 Å². The van der Waals surface area contributed by atoms with Crippen molar-refractivity contribution in [1.29, 1.82) is 0 Å². The summed E-state index contributed by atoms with van der Waals surface area (Å²) < 4.78 is 0. The zero-order valence-electron chi connectivity index (χ0n) is 10.2. The molecule has 15 heavy (non-hydrogen) atoms. The zero-order chi connectivity index (χ0) is 10.7. The Hall–Kier alpha value is -0.120. The molecule has 0 radical (unpaired) electrons. The zero-order valence-corrected chi connectivity index (χ0v) is 10.2. The van der Waals surface area contributed by atoms with E-state index in [1.54, 1.807) is 0 Å². The number of likely N-dealkylation sites (N-methyl/N-ethyl adjacent to an activating group) is 1. The number of nitrogens with one attached hydrogen (secondary N) is 1. The fraction of sp³-hybridized carbons (Fsp3) is 1.00. The normalized spacial score (nSPS) is 35.6. The molecule has 2 rings (SSSR count). The Morgan fingerprint density at radius 3 is 2.87 bits per heavy atom. The molecule has 0 aromatic carbocycles. The Morgan fingerprint density at radius 2 is 2.13 bits per heavy atom. The Bertz CT molecular complexity index is 195. The summed E-state index contributed by atoms with van der Waals surface area (Å²) in [6.07, 6.45) is 2.79. The van der Waals surface area contributed by atoms with Crippen molar-refractivity contribution in [3.8, 4) is 0 Å². The van der Waals surface area contributed by atoms with Gasteiger partial charge in [-0.3, -0.25) is 4.90 Å². The van der Waals surface area contributed by atoms with Crippen LogP contribution in [0.25, 0.3) is 0 Å². The van der Waals surface area contributed by atoms with E-state index in [1.165, 1.54) is 52.1 Å². The molecule has 0 amide bonds. The average molecular weight is 211 g/mol. The third-order valence-corrected chi connectivity index (χ3v) is 3.84. The summed E-state index contributed by atoms with van der Waals surface area (Å²) in [7, 11) is 0. The molecule has 0 aromatic rings. The number of likely N-dealkylation sites (tertiary alicyclic amines) is 1. The molecule has 1 N–H and O–H groups in total. The van der Waals surface area contributed by atoms with Crippen LogP contribution in [0, 0.1) is 0 Å². The third kappa shape index (κ3) is 2.92. The first kappa shape index (κ1) is 11.4. The Kier molecular flexibility index (Phi) is 4.00. The van der Waals surface area contributed by atoms with E-state index < -0.39 is 0 Å². The minimum absolute atomic E-state index is 0.677. The summed E-state index contributed by atoms with van der Waals surface area (Å²) in [5, 5.41) is 3.52. The van der Waals surface area contributed by atoms with Gasteiger partial charge in [0, 0.05) is 38.3 Å². The van der Waals surface area contributed by atoms with Crippen molar-refractivity contribution >= 4 is 0 Å². The number of nitrogens with zero attached hydrogens (tertiary/aromatic N) is 2. The van der Waals surface area contributed by atoms with Crippen LogP contribution in [-0.2, 0) is 0 Å². The van der Waals surface area contributed by atoms with Crippen molar-refractivity contribution in [1.82, 2.24) is 15.1 Å². The molecule has 2 heterocycles. The lowest BCUT2D eigenvalue weighted by molar-refractivity contribution is 0.0790. The fourth-order valence-electron chi connectivity index (χ4n) is 2.91. The Balaban J connectivity index is 1.86. The standard InChI is InChI=1S/C12H25N3/c1-3-14-7-4-5-12(10-14)15-8-6-13-11(2)9-15/h11-13H,3-10H2,1-2H3. The first-order valence-corrected chi connectivity index (χ1v) is 6.49. The van der Waals surface area contributed by atoms with Crippen molar-refractivity contribution in [3.63, 3.8) is 0 Å². The summed E-state index contributed by atoms with van der Waals surface area (Å²) in [5.41, 5.74) is 0. The minimum Gasteiger partial charge on any atom is -0.312 e. The number of piperazine rings is 1. The summed E-state index contributed by atoms with van der Waals surface area (Å²) in [5.74, 6) is 0. The lowest BCUT2D eigenvalue weighted by atomic mass is 10.0. The minimum atomic E-state index is 0.677. The van der Waals surface area contributed by atoms with Crippen LogP contribution < -0.4 is 5.32 Å². The smallest absolute Gasteiger partial charge is 0.0224 e. The molecule has 0 aliphatic carbocycles. The molecule has 2 aliphatic rings. The van der Waals surface area contributed by atoms with Crippen molar-refractivity contribution in [2.24, 2.45) is 0 Å². The lowest BCUT2D eigenvalue weighted by Crippen LogP contribution is -2.56. The van der Waals surface area contributed by atoms with Gasteiger partial charge in [0.2, 0.25) is 0 Å². The van der Waals surface area contributed by atoms with Crippen molar-refractivity contribution in [2.45, 2.75) is 38.8 Å². The maximum absolute atomic E-state index is 3.52. The molecule has 2 atom stereocenters. The van der Waals surface area contributed by atoms with Crippen LogP contribution in [0.3, 0.4) is 0 Å². The molecular formula is C12H25N3. The van der Waals surface area contributed by atoms with Gasteiger partial charge >= 0.3 is 0 Å². The highest BCUT2D eigenvalue weighted by Gasteiger charge is 2.27. The molecule has 0 aromatic heterocycles. The first-order valence-electron chi connectivity index (χ1n) is 6.49. The molecule has 2 saturated heterocycles. The molecule has 2 unspecified atom stereocenters. The second-order valence-corrected chi connectivity index (χ2v) is 5.04. The van der Waals surface area contributed by atoms with Gasteiger partial charge in [0.15, 0.2) is 0 Å². The summed E-state index contributed by atoms with van der Waals surface area (Å²) in [6, 6.07) is 1.50. The largest absolute Gasteiger partial charge is 0.312 e. The molecule has 2 fully saturated rings. The van der Waals surface area contributed by atoms with Crippen LogP contribution in [0.5, 0.6) is 0 Å². The van der Waals surface area contributed by atoms with Crippen LogP contribution in [-0.4, -0.2) is 61.2 Å². The second-order valence-electron chi connectivity index (χ2n) is 5.04. The van der Waals surface area contributed by atoms with Gasteiger partial charge in [-0.05, 0) is 32.9 Å². The molecule has 0 saturated carbocycles. The molecule has 3 nitrogen and oxygen atoms in total. The highest BCUT2D eigenvalue weighted by Crippen LogP contribution is 2.16. The number of hydrogen-bond acceptors (Lipinski definition) is 3. The number of rotatable bonds is 2. The van der Waals surface area contributed by atoms with Gasteiger partial charge in [-0.1, -0.05) is 6.92 Å². The van der Waals surface area contributed by atoms with Gasteiger partial charge in [0.05, 0.1) is 0 Å². The summed E-state index contributed by atoms with van der Waals surface area (Å²) >= 11 is 0. The molecule has 0 bridgehead atoms. The predicted molar refractivity (Wildman–Crippen MR) is 64.2 cm³/mol. The molecule has 3 heteroatoms. The molecular weight excluding hydrogens is 186 g/mol. The fourth-order valence-corrected chi connectivity index (χ4v) is 2.91. The van der Waals surface area contributed by atoms with E-state index in [0.29, 0.717) is 6.04 Å². The van der Waals surface area contributed by atoms with E-state index in [9.17, 15) is 0 Å². The van der Waals surface area contributed by atoms with Crippen LogP contribution in [0.2, 0.25) is 0 Å². The molecule has 88 valence electrons. The summed E-state index contributed by atoms with van der Waals surface area (Å²) in [6.45, 7) is 12.1. The Morgan fingerprint density at radius 1 is 1.27 bits per heavy atom. The van der Waals surface area contributed by atoms with E-state index in [2.05, 4.69) is 29.0 Å². The van der Waals surface area contributed by atoms with Crippen LogP contribution in [0.1, 0.15) is 26.7 Å². The number of piperidine rings is 1. The topological polar surface area (TPSA) is 18.5 Å². The highest BCUT2D eigenvalue weighted by molar-refractivity contribution is 4.85. The van der Waals surface area contributed by atoms with Crippen molar-refractivity contribution < 1.29 is 0 Å². The monoisotopic (exact) mass is 211 g/mol. The van der Waals surface area contributed by atoms with E-state index in [0.717, 1.165) is 6.04 Å². The first-order chi connectivity index (χ1) is 7.29. The van der Waals surface area contributed by atoms with Gasteiger partial charge in [-0.2, -0.15) is 0 Å². The van der Waals surface area contributed by atoms with Crippen LogP contribution in [0.15, 0.2) is 0 Å². The van der Waals surface area contributed by atoms with Gasteiger partial charge in [-0.15, -0.1) is 0 Å². The highest BCUT2D eigenvalue weighted by atomic mass is 15.3. The molecule has 0 spiro atoms. The maximum atomic E-state index is 3.52. The third-order valence-electron chi connectivity index (χ3n) is 3.84. The maximum Gasteiger partial charge on any atom is 0.0224 e. The Labute approximate surface area is 93.8 Å². The van der Waals surface area contributed by atoms with E-state index in [4.69, 9.17) is 0 Å². The predicted octanol–water partition coefficient (Wildman–Crippen LogP) is 0.764. The lowest BCUT2D eigenvalue weighted by Gasteiger charge is -2.42. The van der Waals surface area contributed by atoms with Crippen LogP contribution in [0.4, 0.5) is 0 Å². The van der Waals surface area contributed by atoms with E-state index in [-0.39, 0.29) is 0 Å². The molecule has 2 aliphatic heterocycles. The average Bonchev–Trinajstić information content (AvgIpc) is 2.29. The van der Waals surface area contributed by atoms with Crippen molar-refractivity contribution in [2.75, 3.05) is 39.3 Å². The SMILES string of the molecule is CCN1CCCC(N2CCNC(C)C2)C1. The van der Waals surface area contributed by atoms with Crippen molar-refractivity contribution in [3.05, 3.63) is 0 Å².